The fourth-order valence-corrected chi connectivity index (χ4v) is 10.0. The molecule has 2 fully saturated rings. The highest BCUT2D eigenvalue weighted by Gasteiger charge is 2.43. The molecule has 6 rings (SSSR count). The summed E-state index contributed by atoms with van der Waals surface area (Å²) in [4.78, 5) is 5.12. The number of aliphatic imine (C=N–C) groups is 1. The summed E-state index contributed by atoms with van der Waals surface area (Å²) in [6.45, 7) is 9.35. The summed E-state index contributed by atoms with van der Waals surface area (Å²) in [6.07, 6.45) is 43.8. The molecule has 0 spiro atoms. The van der Waals surface area contributed by atoms with Crippen LogP contribution in [0.5, 0.6) is 0 Å². The van der Waals surface area contributed by atoms with E-state index >= 15 is 0 Å². The topological polar surface area (TPSA) is 12.4 Å². The van der Waals surface area contributed by atoms with Crippen LogP contribution in [0.25, 0.3) is 5.57 Å². The van der Waals surface area contributed by atoms with Crippen molar-refractivity contribution in [3.05, 3.63) is 125 Å². The van der Waals surface area contributed by atoms with Gasteiger partial charge >= 0.3 is 0 Å². The first-order valence-corrected chi connectivity index (χ1v) is 21.5. The van der Waals surface area contributed by atoms with Gasteiger partial charge in [0.05, 0.1) is 6.04 Å². The van der Waals surface area contributed by atoms with Crippen molar-refractivity contribution in [2.45, 2.75) is 136 Å². The van der Waals surface area contributed by atoms with Crippen LogP contribution in [0.2, 0.25) is 0 Å². The zero-order valence-corrected chi connectivity index (χ0v) is 33.0. The maximum Gasteiger partial charge on any atom is 0.0964 e. The van der Waals surface area contributed by atoms with E-state index in [1.807, 2.05) is 5.57 Å². The number of hydrogen-bond acceptors (Lipinski definition) is 1. The van der Waals surface area contributed by atoms with E-state index in [2.05, 4.69) is 130 Å². The maximum absolute atomic E-state index is 5.12. The maximum atomic E-state index is 5.12. The molecule has 0 aliphatic heterocycles. The minimum Gasteiger partial charge on any atom is -0.231 e. The molecule has 0 radical (unpaired) electrons. The largest absolute Gasteiger partial charge is 0.231 e. The average Bonchev–Trinajstić information content (AvgIpc) is 3.49. The predicted molar refractivity (Wildman–Crippen MR) is 225 cm³/mol. The summed E-state index contributed by atoms with van der Waals surface area (Å²) < 4.78 is 0. The number of unbranched alkanes of at least 4 members (excludes halogenated alkanes) is 3. The van der Waals surface area contributed by atoms with Gasteiger partial charge in [0.1, 0.15) is 0 Å². The van der Waals surface area contributed by atoms with E-state index < -0.39 is 0 Å². The SMILES string of the molecule is CCC(C)CCCCCC=C=C(c1ccccc1)C1C=C2C(CC1)CCC(CC)C1CCC(C(=C=NC3C=CC=CC(C)=C3)C3=CCCC=C3)CC21. The second-order valence-electron chi connectivity index (χ2n) is 16.8. The molecular formula is C51H67N. The first-order valence-electron chi connectivity index (χ1n) is 21.5. The Hall–Kier alpha value is -3.37. The molecule has 1 nitrogen and oxygen atoms in total. The summed E-state index contributed by atoms with van der Waals surface area (Å²) in [5, 5.41) is 0. The summed E-state index contributed by atoms with van der Waals surface area (Å²) in [6, 6.07) is 11.3. The van der Waals surface area contributed by atoms with E-state index in [4.69, 9.17) is 4.99 Å². The van der Waals surface area contributed by atoms with Gasteiger partial charge in [0, 0.05) is 17.1 Å². The summed E-state index contributed by atoms with van der Waals surface area (Å²) in [5.74, 6) is 8.57. The van der Waals surface area contributed by atoms with Gasteiger partial charge in [-0.15, -0.1) is 5.73 Å². The van der Waals surface area contributed by atoms with Crippen molar-refractivity contribution >= 4 is 11.4 Å². The molecule has 8 atom stereocenters. The third kappa shape index (κ3) is 10.2. The van der Waals surface area contributed by atoms with Gasteiger partial charge in [-0.3, -0.25) is 0 Å². The highest BCUT2D eigenvalue weighted by atomic mass is 14.7. The van der Waals surface area contributed by atoms with Crippen molar-refractivity contribution in [2.75, 3.05) is 0 Å². The number of nitrogens with zero attached hydrogens (tertiary/aromatic N) is 1. The van der Waals surface area contributed by atoms with Crippen molar-refractivity contribution < 1.29 is 0 Å². The second kappa shape index (κ2) is 19.6. The molecule has 0 heterocycles. The molecule has 1 heteroatoms. The lowest BCUT2D eigenvalue weighted by atomic mass is 9.62. The van der Waals surface area contributed by atoms with Crippen LogP contribution >= 0.6 is 0 Å². The van der Waals surface area contributed by atoms with Gasteiger partial charge in [0.2, 0.25) is 0 Å². The van der Waals surface area contributed by atoms with Gasteiger partial charge in [-0.1, -0.05) is 149 Å². The Morgan fingerprint density at radius 1 is 0.904 bits per heavy atom. The van der Waals surface area contributed by atoms with E-state index in [1.165, 1.54) is 111 Å². The predicted octanol–water partition coefficient (Wildman–Crippen LogP) is 14.3. The van der Waals surface area contributed by atoms with Crippen LogP contribution in [0.15, 0.2) is 124 Å². The lowest BCUT2D eigenvalue weighted by molar-refractivity contribution is 0.157. The monoisotopic (exact) mass is 694 g/mol. The van der Waals surface area contributed by atoms with Crippen LogP contribution < -0.4 is 0 Å². The van der Waals surface area contributed by atoms with Gasteiger partial charge in [-0.25, -0.2) is 4.99 Å². The smallest absolute Gasteiger partial charge is 0.0964 e. The zero-order valence-electron chi connectivity index (χ0n) is 33.0. The molecule has 0 bridgehead atoms. The summed E-state index contributed by atoms with van der Waals surface area (Å²) in [5.41, 5.74) is 12.5. The fourth-order valence-electron chi connectivity index (χ4n) is 10.0. The number of rotatable bonds is 13. The van der Waals surface area contributed by atoms with Crippen LogP contribution in [0.3, 0.4) is 0 Å². The zero-order chi connectivity index (χ0) is 36.1. The standard InChI is InChI=1S/C51H67N/c1-5-38(3)20-12-8-7-9-17-27-47(41-22-13-10-14-23-41)44-31-30-43-29-28-40(6-2)48-33-32-45(36-50(48)49(43)35-44)51(42-24-15-11-16-25-42)37-52-46-26-19-18-21-39(4)34-46/h10,13-15,17-19,21-26,34-35,38,40,43-46,48,50H,5-9,11-12,16,20,28-33,36H2,1-4H3. The molecule has 2 saturated carbocycles. The van der Waals surface area contributed by atoms with Crippen LogP contribution in [-0.2, 0) is 0 Å². The van der Waals surface area contributed by atoms with Gasteiger partial charge in [-0.2, -0.15) is 0 Å². The van der Waals surface area contributed by atoms with E-state index in [1.54, 1.807) is 0 Å². The molecule has 52 heavy (non-hydrogen) atoms. The molecule has 0 amide bonds. The van der Waals surface area contributed by atoms with Gasteiger partial charge in [-0.05, 0) is 136 Å². The molecule has 0 saturated heterocycles. The first-order chi connectivity index (χ1) is 25.5. The molecule has 1 aromatic rings. The molecular weight excluding hydrogens is 627 g/mol. The minimum absolute atomic E-state index is 0.0454. The summed E-state index contributed by atoms with van der Waals surface area (Å²) in [7, 11) is 0. The van der Waals surface area contributed by atoms with Crippen molar-refractivity contribution in [1.29, 1.82) is 0 Å². The van der Waals surface area contributed by atoms with Crippen molar-refractivity contribution in [3.8, 4) is 0 Å². The molecule has 0 N–H and O–H groups in total. The average molecular weight is 694 g/mol. The van der Waals surface area contributed by atoms with Crippen LogP contribution in [0.1, 0.15) is 136 Å². The Morgan fingerprint density at radius 2 is 1.77 bits per heavy atom. The Balaban J connectivity index is 1.31. The number of allylic oxidation sites excluding steroid dienone is 12. The van der Waals surface area contributed by atoms with Gasteiger partial charge in [0.15, 0.2) is 0 Å². The molecule has 5 aliphatic rings. The van der Waals surface area contributed by atoms with E-state index in [0.29, 0.717) is 17.8 Å². The van der Waals surface area contributed by atoms with Crippen LogP contribution in [-0.4, -0.2) is 11.9 Å². The van der Waals surface area contributed by atoms with Gasteiger partial charge < -0.3 is 0 Å². The lowest BCUT2D eigenvalue weighted by Crippen LogP contribution is -2.33. The Bertz CT molecular complexity index is 1640. The van der Waals surface area contributed by atoms with Crippen LogP contribution in [0, 0.1) is 41.4 Å². The number of fused-ring (bicyclic) bond motifs is 3. The molecule has 5 aliphatic carbocycles. The Morgan fingerprint density at radius 3 is 2.58 bits per heavy atom. The molecule has 276 valence electrons. The highest BCUT2D eigenvalue weighted by Crippen LogP contribution is 2.54. The van der Waals surface area contributed by atoms with E-state index in [-0.39, 0.29) is 6.04 Å². The minimum atomic E-state index is 0.0454. The quantitative estimate of drug-likeness (QED) is 0.0844. The van der Waals surface area contributed by atoms with Crippen LogP contribution in [0.4, 0.5) is 0 Å². The van der Waals surface area contributed by atoms with Crippen molar-refractivity contribution in [3.63, 3.8) is 0 Å². The van der Waals surface area contributed by atoms with Gasteiger partial charge in [0.25, 0.3) is 0 Å². The van der Waals surface area contributed by atoms with Crippen molar-refractivity contribution in [1.82, 2.24) is 0 Å². The van der Waals surface area contributed by atoms with Crippen molar-refractivity contribution in [2.24, 2.45) is 46.4 Å². The normalized spacial score (nSPS) is 28.7. The molecule has 8 unspecified atom stereocenters. The Kier molecular flexibility index (Phi) is 14.5. The highest BCUT2D eigenvalue weighted by molar-refractivity contribution is 5.70. The third-order valence-corrected chi connectivity index (χ3v) is 13.3. The molecule has 0 aromatic heterocycles. The fraction of sp³-hybridized carbons (Fsp3) is 0.549. The second-order valence-corrected chi connectivity index (χ2v) is 16.8. The van der Waals surface area contributed by atoms with E-state index in [9.17, 15) is 0 Å². The Labute approximate surface area is 318 Å². The molecule has 1 aromatic carbocycles. The number of benzene rings is 1. The number of hydrogen-bond donors (Lipinski definition) is 0. The first kappa shape index (κ1) is 38.4. The summed E-state index contributed by atoms with van der Waals surface area (Å²) >= 11 is 0. The lowest BCUT2D eigenvalue weighted by Gasteiger charge is -2.42. The third-order valence-electron chi connectivity index (χ3n) is 13.3. The van der Waals surface area contributed by atoms with E-state index in [0.717, 1.165) is 42.9 Å².